The molecule has 1 atom stereocenters. The van der Waals surface area contributed by atoms with E-state index in [1.807, 2.05) is 0 Å². The molecule has 0 saturated heterocycles. The SMILES string of the molecule is C=C(CCC(=O)O)C(=O)OCC(O)CO. The molecular formula is C9H14O6. The second kappa shape index (κ2) is 6.97. The van der Waals surface area contributed by atoms with Crippen LogP contribution in [-0.2, 0) is 14.3 Å². The quantitative estimate of drug-likeness (QED) is 0.385. The predicted octanol–water partition coefficient (Wildman–Crippen LogP) is -0.696. The fraction of sp³-hybridized carbons (Fsp3) is 0.556. The summed E-state index contributed by atoms with van der Waals surface area (Å²) in [5.74, 6) is -1.79. The topological polar surface area (TPSA) is 104 Å². The van der Waals surface area contributed by atoms with E-state index >= 15 is 0 Å². The minimum absolute atomic E-state index is 0.00336. The van der Waals surface area contributed by atoms with E-state index in [0.29, 0.717) is 0 Å². The van der Waals surface area contributed by atoms with Crippen LogP contribution in [0.4, 0.5) is 0 Å². The first-order chi connectivity index (χ1) is 6.97. The number of aliphatic hydroxyl groups excluding tert-OH is 2. The van der Waals surface area contributed by atoms with Crippen LogP contribution in [0.25, 0.3) is 0 Å². The number of carbonyl (C=O) groups excluding carboxylic acids is 1. The zero-order chi connectivity index (χ0) is 11.8. The van der Waals surface area contributed by atoms with Gasteiger partial charge in [-0.15, -0.1) is 0 Å². The lowest BCUT2D eigenvalue weighted by Crippen LogP contribution is -2.22. The van der Waals surface area contributed by atoms with Crippen molar-refractivity contribution < 1.29 is 29.6 Å². The molecule has 6 heteroatoms. The molecule has 0 rings (SSSR count). The fourth-order valence-corrected chi connectivity index (χ4v) is 0.687. The Morgan fingerprint density at radius 1 is 1.33 bits per heavy atom. The number of hydrogen-bond donors (Lipinski definition) is 3. The summed E-state index contributed by atoms with van der Waals surface area (Å²) in [4.78, 5) is 21.2. The Morgan fingerprint density at radius 3 is 2.40 bits per heavy atom. The number of ether oxygens (including phenoxy) is 1. The van der Waals surface area contributed by atoms with E-state index in [2.05, 4.69) is 11.3 Å². The number of carboxylic acids is 1. The van der Waals surface area contributed by atoms with Crippen molar-refractivity contribution in [3.05, 3.63) is 12.2 Å². The first-order valence-electron chi connectivity index (χ1n) is 4.33. The average Bonchev–Trinajstić information content (AvgIpc) is 2.21. The maximum Gasteiger partial charge on any atom is 0.333 e. The van der Waals surface area contributed by atoms with E-state index in [-0.39, 0.29) is 25.0 Å². The Hall–Kier alpha value is -1.40. The molecule has 0 aliphatic rings. The van der Waals surface area contributed by atoms with Crippen LogP contribution < -0.4 is 0 Å². The van der Waals surface area contributed by atoms with Gasteiger partial charge < -0.3 is 20.1 Å². The summed E-state index contributed by atoms with van der Waals surface area (Å²) >= 11 is 0. The molecule has 0 bridgehead atoms. The number of carboxylic acid groups (broad SMARTS) is 1. The van der Waals surface area contributed by atoms with Crippen LogP contribution in [0.3, 0.4) is 0 Å². The lowest BCUT2D eigenvalue weighted by molar-refractivity contribution is -0.142. The Balaban J connectivity index is 3.79. The van der Waals surface area contributed by atoms with Crippen LogP contribution in [0, 0.1) is 0 Å². The third kappa shape index (κ3) is 6.64. The normalized spacial score (nSPS) is 11.9. The van der Waals surface area contributed by atoms with E-state index in [9.17, 15) is 9.59 Å². The highest BCUT2D eigenvalue weighted by Gasteiger charge is 2.12. The van der Waals surface area contributed by atoms with E-state index in [1.165, 1.54) is 0 Å². The highest BCUT2D eigenvalue weighted by Crippen LogP contribution is 2.04. The van der Waals surface area contributed by atoms with Crippen molar-refractivity contribution in [3.8, 4) is 0 Å². The largest absolute Gasteiger partial charge is 0.481 e. The first-order valence-corrected chi connectivity index (χ1v) is 4.33. The molecule has 3 N–H and O–H groups in total. The molecule has 0 amide bonds. The van der Waals surface area contributed by atoms with Gasteiger partial charge in [-0.05, 0) is 6.42 Å². The summed E-state index contributed by atoms with van der Waals surface area (Å²) in [6, 6.07) is 0. The molecule has 0 radical (unpaired) electrons. The molecule has 15 heavy (non-hydrogen) atoms. The van der Waals surface area contributed by atoms with Gasteiger partial charge in [0.1, 0.15) is 12.7 Å². The second-order valence-corrected chi connectivity index (χ2v) is 2.93. The van der Waals surface area contributed by atoms with E-state index < -0.39 is 24.6 Å². The molecule has 86 valence electrons. The fourth-order valence-electron chi connectivity index (χ4n) is 0.687. The molecular weight excluding hydrogens is 204 g/mol. The Kier molecular flexibility index (Phi) is 6.32. The van der Waals surface area contributed by atoms with Gasteiger partial charge in [0, 0.05) is 12.0 Å². The minimum atomic E-state index is -1.12. The van der Waals surface area contributed by atoms with Crippen LogP contribution in [0.5, 0.6) is 0 Å². The highest BCUT2D eigenvalue weighted by molar-refractivity contribution is 5.88. The summed E-state index contributed by atoms with van der Waals surface area (Å²) in [6.07, 6.45) is -1.32. The lowest BCUT2D eigenvalue weighted by atomic mass is 10.2. The smallest absolute Gasteiger partial charge is 0.333 e. The maximum absolute atomic E-state index is 11.1. The summed E-state index contributed by atoms with van der Waals surface area (Å²) in [7, 11) is 0. The van der Waals surface area contributed by atoms with E-state index in [4.69, 9.17) is 15.3 Å². The van der Waals surface area contributed by atoms with Crippen LogP contribution in [-0.4, -0.2) is 46.6 Å². The molecule has 0 aromatic heterocycles. The van der Waals surface area contributed by atoms with Crippen molar-refractivity contribution in [2.45, 2.75) is 18.9 Å². The van der Waals surface area contributed by atoms with Gasteiger partial charge in [0.25, 0.3) is 0 Å². The monoisotopic (exact) mass is 218 g/mol. The number of aliphatic hydroxyl groups is 2. The van der Waals surface area contributed by atoms with Crippen molar-refractivity contribution in [1.82, 2.24) is 0 Å². The van der Waals surface area contributed by atoms with Gasteiger partial charge in [0.15, 0.2) is 0 Å². The van der Waals surface area contributed by atoms with Gasteiger partial charge in [0.2, 0.25) is 0 Å². The number of hydrogen-bond acceptors (Lipinski definition) is 5. The second-order valence-electron chi connectivity index (χ2n) is 2.93. The number of rotatable bonds is 7. The van der Waals surface area contributed by atoms with Gasteiger partial charge in [-0.1, -0.05) is 6.58 Å². The number of aliphatic carboxylic acids is 1. The molecule has 0 aromatic carbocycles. The van der Waals surface area contributed by atoms with Crippen molar-refractivity contribution in [1.29, 1.82) is 0 Å². The number of esters is 1. The van der Waals surface area contributed by atoms with Gasteiger partial charge in [0.05, 0.1) is 6.61 Å². The van der Waals surface area contributed by atoms with Crippen LogP contribution in [0.2, 0.25) is 0 Å². The molecule has 6 nitrogen and oxygen atoms in total. The van der Waals surface area contributed by atoms with Crippen LogP contribution in [0.1, 0.15) is 12.8 Å². The minimum Gasteiger partial charge on any atom is -0.481 e. The van der Waals surface area contributed by atoms with Gasteiger partial charge in [-0.25, -0.2) is 4.79 Å². The average molecular weight is 218 g/mol. The Bertz CT molecular complexity index is 247. The van der Waals surface area contributed by atoms with E-state index in [1.54, 1.807) is 0 Å². The molecule has 0 spiro atoms. The summed E-state index contributed by atoms with van der Waals surface area (Å²) in [6.45, 7) is 2.51. The zero-order valence-electron chi connectivity index (χ0n) is 8.18. The van der Waals surface area contributed by atoms with Crippen molar-refractivity contribution in [2.24, 2.45) is 0 Å². The van der Waals surface area contributed by atoms with Gasteiger partial charge in [-0.2, -0.15) is 0 Å². The van der Waals surface area contributed by atoms with E-state index in [0.717, 1.165) is 0 Å². The Morgan fingerprint density at radius 2 is 1.93 bits per heavy atom. The Labute approximate surface area is 86.8 Å². The van der Waals surface area contributed by atoms with Gasteiger partial charge >= 0.3 is 11.9 Å². The molecule has 0 aliphatic carbocycles. The van der Waals surface area contributed by atoms with Crippen molar-refractivity contribution in [3.63, 3.8) is 0 Å². The molecule has 0 heterocycles. The molecule has 0 aliphatic heterocycles. The molecule has 0 aromatic rings. The molecule has 0 fully saturated rings. The molecule has 1 unspecified atom stereocenters. The third-order valence-electron chi connectivity index (χ3n) is 1.55. The maximum atomic E-state index is 11.1. The van der Waals surface area contributed by atoms with Crippen LogP contribution in [0.15, 0.2) is 12.2 Å². The summed E-state index contributed by atoms with van der Waals surface area (Å²) in [5.41, 5.74) is 0.0301. The standard InChI is InChI=1S/C9H14O6/c1-6(2-3-8(12)13)9(14)15-5-7(11)4-10/h7,10-11H,1-5H2,(H,12,13). The predicted molar refractivity (Wildman–Crippen MR) is 50.1 cm³/mol. The molecule has 0 saturated carbocycles. The van der Waals surface area contributed by atoms with Crippen molar-refractivity contribution >= 4 is 11.9 Å². The van der Waals surface area contributed by atoms with Crippen LogP contribution >= 0.6 is 0 Å². The third-order valence-corrected chi connectivity index (χ3v) is 1.55. The number of carbonyl (C=O) groups is 2. The van der Waals surface area contributed by atoms with Crippen molar-refractivity contribution in [2.75, 3.05) is 13.2 Å². The highest BCUT2D eigenvalue weighted by atomic mass is 16.5. The zero-order valence-corrected chi connectivity index (χ0v) is 8.18. The summed E-state index contributed by atoms with van der Waals surface area (Å²) in [5, 5.41) is 25.6. The lowest BCUT2D eigenvalue weighted by Gasteiger charge is -2.09. The first kappa shape index (κ1) is 13.6. The van der Waals surface area contributed by atoms with Gasteiger partial charge in [-0.3, -0.25) is 4.79 Å². The summed E-state index contributed by atoms with van der Waals surface area (Å²) < 4.78 is 4.55.